The number of hydrogen-bond acceptors (Lipinski definition) is 3. The van der Waals surface area contributed by atoms with Crippen molar-refractivity contribution < 1.29 is 0 Å². The lowest BCUT2D eigenvalue weighted by Gasteiger charge is -2.14. The van der Waals surface area contributed by atoms with Crippen molar-refractivity contribution in [1.29, 1.82) is 0 Å². The fourth-order valence-corrected chi connectivity index (χ4v) is 1.70. The number of nitrogens with zero attached hydrogens (tertiary/aromatic N) is 2. The van der Waals surface area contributed by atoms with Gasteiger partial charge in [-0.2, -0.15) is 0 Å². The fraction of sp³-hybridized carbons (Fsp3) is 0.556. The molecule has 0 spiro atoms. The third-order valence-corrected chi connectivity index (χ3v) is 2.41. The second-order valence-electron chi connectivity index (χ2n) is 3.58. The Morgan fingerprint density at radius 2 is 2.54 bits per heavy atom. The van der Waals surface area contributed by atoms with Crippen molar-refractivity contribution in [3.05, 3.63) is 22.7 Å². The third kappa shape index (κ3) is 1.56. The molecule has 0 aliphatic carbocycles. The van der Waals surface area contributed by atoms with E-state index in [1.807, 2.05) is 4.90 Å². The van der Waals surface area contributed by atoms with Crippen LogP contribution in [0.15, 0.2) is 17.2 Å². The summed E-state index contributed by atoms with van der Waals surface area (Å²) in [6.07, 6.45) is 4.33. The monoisotopic (exact) mass is 179 g/mol. The van der Waals surface area contributed by atoms with Gasteiger partial charge >= 0.3 is 0 Å². The van der Waals surface area contributed by atoms with Gasteiger partial charge < -0.3 is 9.88 Å². The Morgan fingerprint density at radius 3 is 3.15 bits per heavy atom. The molecule has 70 valence electrons. The van der Waals surface area contributed by atoms with Gasteiger partial charge in [0.25, 0.3) is 5.56 Å². The van der Waals surface area contributed by atoms with E-state index in [-0.39, 0.29) is 5.56 Å². The molecule has 1 unspecified atom stereocenters. The van der Waals surface area contributed by atoms with Gasteiger partial charge in [-0.15, -0.1) is 0 Å². The lowest BCUT2D eigenvalue weighted by atomic mass is 10.2. The summed E-state index contributed by atoms with van der Waals surface area (Å²) in [5.74, 6) is 1.23. The molecule has 1 atom stereocenters. The van der Waals surface area contributed by atoms with Gasteiger partial charge in [0.05, 0.1) is 0 Å². The standard InChI is InChI=1S/C9H13N3O/c1-7-2-5-12(6-7)8-9(13)11-4-3-10-8/h3-4,7H,2,5-6H2,1H3,(H,11,13). The molecule has 13 heavy (non-hydrogen) atoms. The zero-order chi connectivity index (χ0) is 9.26. The average Bonchev–Trinajstić information content (AvgIpc) is 2.53. The quantitative estimate of drug-likeness (QED) is 0.687. The summed E-state index contributed by atoms with van der Waals surface area (Å²) in [6.45, 7) is 4.08. The minimum Gasteiger partial charge on any atom is -0.352 e. The molecule has 0 bridgehead atoms. The maximum Gasteiger partial charge on any atom is 0.290 e. The molecule has 0 aromatic carbocycles. The van der Waals surface area contributed by atoms with E-state index in [1.54, 1.807) is 12.4 Å². The van der Waals surface area contributed by atoms with Gasteiger partial charge in [0.2, 0.25) is 0 Å². The predicted molar refractivity (Wildman–Crippen MR) is 50.9 cm³/mol. The lowest BCUT2D eigenvalue weighted by Crippen LogP contribution is -2.27. The summed E-state index contributed by atoms with van der Waals surface area (Å²) in [6, 6.07) is 0. The maximum absolute atomic E-state index is 11.4. The van der Waals surface area contributed by atoms with Crippen molar-refractivity contribution in [3.8, 4) is 0 Å². The average molecular weight is 179 g/mol. The Bertz CT molecular complexity index is 347. The van der Waals surface area contributed by atoms with Crippen LogP contribution >= 0.6 is 0 Å². The second kappa shape index (κ2) is 3.20. The first-order valence-corrected chi connectivity index (χ1v) is 4.56. The molecule has 4 heteroatoms. The van der Waals surface area contributed by atoms with Crippen LogP contribution in [0, 0.1) is 5.92 Å². The van der Waals surface area contributed by atoms with Crippen LogP contribution in [-0.4, -0.2) is 23.1 Å². The largest absolute Gasteiger partial charge is 0.352 e. The molecule has 1 aromatic heterocycles. The van der Waals surface area contributed by atoms with Gasteiger partial charge in [-0.25, -0.2) is 4.98 Å². The maximum atomic E-state index is 11.4. The first-order chi connectivity index (χ1) is 6.27. The summed E-state index contributed by atoms with van der Waals surface area (Å²) < 4.78 is 0. The molecule has 4 nitrogen and oxygen atoms in total. The molecule has 2 rings (SSSR count). The summed E-state index contributed by atoms with van der Waals surface area (Å²) in [4.78, 5) is 20.1. The number of H-pyrrole nitrogens is 1. The number of rotatable bonds is 1. The number of anilines is 1. The Kier molecular flexibility index (Phi) is 2.04. The number of hydrogen-bond donors (Lipinski definition) is 1. The summed E-state index contributed by atoms with van der Waals surface area (Å²) in [5.41, 5.74) is -0.0865. The van der Waals surface area contributed by atoms with Crippen LogP contribution < -0.4 is 10.5 Å². The van der Waals surface area contributed by atoms with E-state index in [9.17, 15) is 4.79 Å². The smallest absolute Gasteiger partial charge is 0.290 e. The minimum absolute atomic E-state index is 0.0865. The molecule has 1 aromatic rings. The van der Waals surface area contributed by atoms with E-state index < -0.39 is 0 Å². The van der Waals surface area contributed by atoms with Crippen molar-refractivity contribution in [2.24, 2.45) is 5.92 Å². The molecule has 2 heterocycles. The van der Waals surface area contributed by atoms with Crippen LogP contribution in [0.1, 0.15) is 13.3 Å². The Morgan fingerprint density at radius 1 is 1.69 bits per heavy atom. The van der Waals surface area contributed by atoms with Crippen LogP contribution in [0.5, 0.6) is 0 Å². The van der Waals surface area contributed by atoms with Gasteiger partial charge in [0.1, 0.15) is 0 Å². The van der Waals surface area contributed by atoms with Crippen molar-refractivity contribution in [3.63, 3.8) is 0 Å². The molecular formula is C9H13N3O. The molecule has 1 fully saturated rings. The Hall–Kier alpha value is -1.32. The molecule has 1 N–H and O–H groups in total. The van der Waals surface area contributed by atoms with Gasteiger partial charge in [0.15, 0.2) is 5.82 Å². The summed E-state index contributed by atoms with van der Waals surface area (Å²) in [7, 11) is 0. The second-order valence-corrected chi connectivity index (χ2v) is 3.58. The van der Waals surface area contributed by atoms with Crippen molar-refractivity contribution >= 4 is 5.82 Å². The van der Waals surface area contributed by atoms with Crippen LogP contribution in [0.2, 0.25) is 0 Å². The number of nitrogens with one attached hydrogen (secondary N) is 1. The molecule has 0 amide bonds. The number of aromatic amines is 1. The summed E-state index contributed by atoms with van der Waals surface area (Å²) >= 11 is 0. The third-order valence-electron chi connectivity index (χ3n) is 2.41. The van der Waals surface area contributed by atoms with E-state index in [2.05, 4.69) is 16.9 Å². The van der Waals surface area contributed by atoms with Crippen molar-refractivity contribution in [2.75, 3.05) is 18.0 Å². The number of aromatic nitrogens is 2. The van der Waals surface area contributed by atoms with Crippen LogP contribution in [0.4, 0.5) is 5.82 Å². The van der Waals surface area contributed by atoms with E-state index in [1.165, 1.54) is 0 Å². The zero-order valence-corrected chi connectivity index (χ0v) is 7.66. The van der Waals surface area contributed by atoms with Crippen molar-refractivity contribution in [1.82, 2.24) is 9.97 Å². The Balaban J connectivity index is 2.26. The van der Waals surface area contributed by atoms with Gasteiger partial charge in [-0.05, 0) is 12.3 Å². The predicted octanol–water partition coefficient (Wildman–Crippen LogP) is 0.616. The van der Waals surface area contributed by atoms with E-state index >= 15 is 0 Å². The highest BCUT2D eigenvalue weighted by Crippen LogP contribution is 2.17. The van der Waals surface area contributed by atoms with Crippen LogP contribution in [-0.2, 0) is 0 Å². The summed E-state index contributed by atoms with van der Waals surface area (Å²) in [5, 5.41) is 0. The molecule has 1 aliphatic heterocycles. The van der Waals surface area contributed by atoms with Crippen molar-refractivity contribution in [2.45, 2.75) is 13.3 Å². The van der Waals surface area contributed by atoms with Gasteiger partial charge in [0, 0.05) is 25.5 Å². The molecule has 0 saturated carbocycles. The van der Waals surface area contributed by atoms with E-state index in [0.29, 0.717) is 11.7 Å². The molecular weight excluding hydrogens is 166 g/mol. The van der Waals surface area contributed by atoms with Gasteiger partial charge in [-0.3, -0.25) is 4.79 Å². The first kappa shape index (κ1) is 8.29. The fourth-order valence-electron chi connectivity index (χ4n) is 1.70. The lowest BCUT2D eigenvalue weighted by molar-refractivity contribution is 0.658. The van der Waals surface area contributed by atoms with E-state index in [0.717, 1.165) is 19.5 Å². The zero-order valence-electron chi connectivity index (χ0n) is 7.66. The highest BCUT2D eigenvalue weighted by molar-refractivity contribution is 5.36. The topological polar surface area (TPSA) is 49.0 Å². The highest BCUT2D eigenvalue weighted by Gasteiger charge is 2.21. The van der Waals surface area contributed by atoms with Crippen LogP contribution in [0.3, 0.4) is 0 Å². The Labute approximate surface area is 76.6 Å². The SMILES string of the molecule is CC1CCN(c2ncc[nH]c2=O)C1. The molecule has 1 saturated heterocycles. The van der Waals surface area contributed by atoms with Crippen LogP contribution in [0.25, 0.3) is 0 Å². The molecule has 0 radical (unpaired) electrons. The molecule has 1 aliphatic rings. The van der Waals surface area contributed by atoms with E-state index in [4.69, 9.17) is 0 Å². The highest BCUT2D eigenvalue weighted by atomic mass is 16.1. The normalized spacial score (nSPS) is 22.2. The van der Waals surface area contributed by atoms with Gasteiger partial charge in [-0.1, -0.05) is 6.92 Å². The minimum atomic E-state index is -0.0865. The first-order valence-electron chi connectivity index (χ1n) is 4.56.